The van der Waals surface area contributed by atoms with Crippen LogP contribution in [0.4, 0.5) is 0 Å². The Morgan fingerprint density at radius 2 is 1.57 bits per heavy atom. The Balaban J connectivity index is 1.24. The van der Waals surface area contributed by atoms with Crippen molar-refractivity contribution in [1.82, 2.24) is 5.32 Å². The summed E-state index contributed by atoms with van der Waals surface area (Å²) in [4.78, 5) is 11.7. The van der Waals surface area contributed by atoms with Crippen molar-refractivity contribution in [3.8, 4) is 0 Å². The standard InChI is InChI=1S/C39H59NO2/c1-24-23-25(33(41)42)9-10-26(24)27-13-16-36(5)30(34(27,2)3)15-17-38(7)31(36)12-11-29-32-28(35(4)19-20-35)14-18-39(32,40-8)22-21-37(29,38)6/h9-10,13,24,28-32,40H,11-12,14-23H2,1-8H3,(H,41,42). The highest BCUT2D eigenvalue weighted by atomic mass is 16.4. The maximum Gasteiger partial charge on any atom is 0.331 e. The lowest BCUT2D eigenvalue weighted by Gasteiger charge is -2.72. The molecule has 10 unspecified atom stereocenters. The highest BCUT2D eigenvalue weighted by molar-refractivity contribution is 5.87. The number of carboxylic acids is 1. The molecule has 0 bridgehead atoms. The maximum atomic E-state index is 11.7. The van der Waals surface area contributed by atoms with E-state index >= 15 is 0 Å². The van der Waals surface area contributed by atoms with Crippen LogP contribution in [0.1, 0.15) is 126 Å². The highest BCUT2D eigenvalue weighted by Gasteiger charge is 2.71. The lowest BCUT2D eigenvalue weighted by atomic mass is 9.32. The van der Waals surface area contributed by atoms with E-state index in [0.29, 0.717) is 45.1 Å². The second-order valence-corrected chi connectivity index (χ2v) is 18.2. The van der Waals surface area contributed by atoms with Gasteiger partial charge >= 0.3 is 5.97 Å². The molecule has 0 amide bonds. The lowest BCUT2D eigenvalue weighted by Crippen LogP contribution is -2.68. The minimum atomic E-state index is -0.762. The molecule has 0 aliphatic heterocycles. The Morgan fingerprint density at radius 1 is 0.833 bits per heavy atom. The molecule has 3 nitrogen and oxygen atoms in total. The smallest absolute Gasteiger partial charge is 0.331 e. The molecule has 0 radical (unpaired) electrons. The molecule has 0 aromatic heterocycles. The molecule has 5 fully saturated rings. The quantitative estimate of drug-likeness (QED) is 0.352. The predicted octanol–water partition coefficient (Wildman–Crippen LogP) is 9.35. The number of carboxylic acid groups (broad SMARTS) is 1. The van der Waals surface area contributed by atoms with Gasteiger partial charge in [-0.2, -0.15) is 0 Å². The van der Waals surface area contributed by atoms with Crippen molar-refractivity contribution in [2.45, 2.75) is 131 Å². The first kappa shape index (κ1) is 29.4. The summed E-state index contributed by atoms with van der Waals surface area (Å²) in [6, 6.07) is 0. The summed E-state index contributed by atoms with van der Waals surface area (Å²) in [5.41, 5.74) is 5.72. The molecule has 0 saturated heterocycles. The van der Waals surface area contributed by atoms with Crippen molar-refractivity contribution in [3.63, 3.8) is 0 Å². The van der Waals surface area contributed by atoms with Crippen molar-refractivity contribution < 1.29 is 9.90 Å². The number of aliphatic carboxylic acids is 1. The molecule has 2 N–H and O–H groups in total. The van der Waals surface area contributed by atoms with Gasteiger partial charge in [-0.15, -0.1) is 0 Å². The van der Waals surface area contributed by atoms with Crippen LogP contribution in [0.25, 0.3) is 0 Å². The van der Waals surface area contributed by atoms with E-state index < -0.39 is 5.97 Å². The van der Waals surface area contributed by atoms with Crippen molar-refractivity contribution in [3.05, 3.63) is 34.9 Å². The number of hydrogen-bond acceptors (Lipinski definition) is 2. The second kappa shape index (κ2) is 9.11. The van der Waals surface area contributed by atoms with E-state index in [1.54, 1.807) is 0 Å². The molecule has 10 atom stereocenters. The number of allylic oxidation sites excluding steroid dienone is 5. The van der Waals surface area contributed by atoms with E-state index in [9.17, 15) is 9.90 Å². The Morgan fingerprint density at radius 3 is 2.21 bits per heavy atom. The summed E-state index contributed by atoms with van der Waals surface area (Å²) < 4.78 is 0. The fourth-order valence-electron chi connectivity index (χ4n) is 13.8. The number of rotatable bonds is 4. The molecule has 0 aromatic rings. The van der Waals surface area contributed by atoms with E-state index in [0.717, 1.165) is 23.7 Å². The van der Waals surface area contributed by atoms with Crippen LogP contribution in [0.2, 0.25) is 0 Å². The zero-order valence-electron chi connectivity index (χ0n) is 28.0. The minimum absolute atomic E-state index is 0.103. The number of nitrogens with one attached hydrogen (secondary N) is 1. The van der Waals surface area contributed by atoms with Crippen LogP contribution < -0.4 is 5.32 Å². The molecule has 0 aromatic carbocycles. The predicted molar refractivity (Wildman–Crippen MR) is 172 cm³/mol. The summed E-state index contributed by atoms with van der Waals surface area (Å²) in [5.74, 6) is 3.58. The first-order chi connectivity index (χ1) is 19.7. The molecule has 0 spiro atoms. The Hall–Kier alpha value is -1.35. The Labute approximate surface area is 256 Å². The van der Waals surface area contributed by atoms with Gasteiger partial charge in [0.1, 0.15) is 0 Å². The third kappa shape index (κ3) is 3.64. The average molecular weight is 574 g/mol. The molecule has 232 valence electrons. The number of carbonyl (C=O) groups is 1. The van der Waals surface area contributed by atoms with Crippen molar-refractivity contribution in [1.29, 1.82) is 0 Å². The van der Waals surface area contributed by atoms with Gasteiger partial charge < -0.3 is 10.4 Å². The third-order valence-corrected chi connectivity index (χ3v) is 16.5. The van der Waals surface area contributed by atoms with Gasteiger partial charge in [0, 0.05) is 11.1 Å². The Kier molecular flexibility index (Phi) is 6.37. The summed E-state index contributed by atoms with van der Waals surface area (Å²) in [7, 11) is 2.29. The van der Waals surface area contributed by atoms with Gasteiger partial charge in [-0.25, -0.2) is 4.79 Å². The van der Waals surface area contributed by atoms with Crippen LogP contribution in [-0.2, 0) is 4.79 Å². The average Bonchev–Trinajstić information content (AvgIpc) is 3.55. The molecule has 5 saturated carbocycles. The molecular weight excluding hydrogens is 514 g/mol. The van der Waals surface area contributed by atoms with Gasteiger partial charge in [0.25, 0.3) is 0 Å². The van der Waals surface area contributed by atoms with E-state index in [4.69, 9.17) is 0 Å². The van der Waals surface area contributed by atoms with Crippen molar-refractivity contribution >= 4 is 5.97 Å². The molecular formula is C39H59NO2. The van der Waals surface area contributed by atoms with Gasteiger partial charge in [0.15, 0.2) is 0 Å². The van der Waals surface area contributed by atoms with Crippen LogP contribution in [-0.4, -0.2) is 23.7 Å². The molecule has 3 heteroatoms. The maximum absolute atomic E-state index is 11.7. The Bertz CT molecular complexity index is 1270. The van der Waals surface area contributed by atoms with Crippen LogP contribution in [0.5, 0.6) is 0 Å². The first-order valence-electron chi connectivity index (χ1n) is 17.7. The summed E-state index contributed by atoms with van der Waals surface area (Å²) in [5, 5.41) is 13.6. The van der Waals surface area contributed by atoms with Crippen molar-refractivity contribution in [2.24, 2.45) is 62.6 Å². The molecule has 42 heavy (non-hydrogen) atoms. The second-order valence-electron chi connectivity index (χ2n) is 18.2. The van der Waals surface area contributed by atoms with Gasteiger partial charge in [-0.3, -0.25) is 0 Å². The minimum Gasteiger partial charge on any atom is -0.478 e. The molecule has 0 heterocycles. The van der Waals surface area contributed by atoms with E-state index in [1.165, 1.54) is 81.8 Å². The van der Waals surface area contributed by atoms with E-state index in [1.807, 2.05) is 6.08 Å². The van der Waals surface area contributed by atoms with Gasteiger partial charge in [-0.1, -0.05) is 66.7 Å². The fourth-order valence-corrected chi connectivity index (χ4v) is 13.8. The zero-order chi connectivity index (χ0) is 30.1. The van der Waals surface area contributed by atoms with E-state index in [-0.39, 0.29) is 11.3 Å². The fraction of sp³-hybridized carbons (Fsp3) is 0.821. The third-order valence-electron chi connectivity index (χ3n) is 16.5. The van der Waals surface area contributed by atoms with Gasteiger partial charge in [0.05, 0.1) is 0 Å². The van der Waals surface area contributed by atoms with Crippen LogP contribution in [0.15, 0.2) is 34.9 Å². The van der Waals surface area contributed by atoms with Gasteiger partial charge in [0.2, 0.25) is 0 Å². The van der Waals surface area contributed by atoms with Crippen LogP contribution in [0.3, 0.4) is 0 Å². The number of fused-ring (bicyclic) bond motifs is 7. The van der Waals surface area contributed by atoms with E-state index in [2.05, 4.69) is 73.0 Å². The molecule has 7 aliphatic carbocycles. The summed E-state index contributed by atoms with van der Waals surface area (Å²) in [6.07, 6.45) is 22.6. The monoisotopic (exact) mass is 573 g/mol. The number of hydrogen-bond donors (Lipinski definition) is 2. The SMILES string of the molecule is CNC12CCC(C3(C)CC3)C1C1CCC3C4(C)CC=C(C5=CC=C(C(=O)O)CC5C)C(C)(C)C4CCC3(C)C1(C)CC2. The summed E-state index contributed by atoms with van der Waals surface area (Å²) in [6.45, 7) is 18.2. The highest BCUT2D eigenvalue weighted by Crippen LogP contribution is 2.77. The van der Waals surface area contributed by atoms with Crippen molar-refractivity contribution in [2.75, 3.05) is 7.05 Å². The topological polar surface area (TPSA) is 49.3 Å². The summed E-state index contributed by atoms with van der Waals surface area (Å²) >= 11 is 0. The molecule has 7 rings (SSSR count). The van der Waals surface area contributed by atoms with Gasteiger partial charge in [-0.05, 0) is 158 Å². The largest absolute Gasteiger partial charge is 0.478 e. The molecule has 7 aliphatic rings. The normalized spacial score (nSPS) is 50.2. The van der Waals surface area contributed by atoms with Crippen LogP contribution in [0, 0.1) is 62.6 Å². The van der Waals surface area contributed by atoms with Crippen LogP contribution >= 0.6 is 0 Å². The lowest BCUT2D eigenvalue weighted by molar-refractivity contribution is -0.223. The first-order valence-corrected chi connectivity index (χ1v) is 17.7. The zero-order valence-corrected chi connectivity index (χ0v) is 28.0.